The van der Waals surface area contributed by atoms with Crippen LogP contribution in [0, 0.1) is 0 Å². The van der Waals surface area contributed by atoms with Crippen molar-refractivity contribution in [2.24, 2.45) is 0 Å². The molecule has 0 N–H and O–H groups in total. The van der Waals surface area contributed by atoms with Crippen LogP contribution in [-0.4, -0.2) is 37.9 Å². The molecule has 0 bridgehead atoms. The van der Waals surface area contributed by atoms with Crippen LogP contribution in [0.5, 0.6) is 0 Å². The lowest BCUT2D eigenvalue weighted by Crippen LogP contribution is -2.29. The van der Waals surface area contributed by atoms with E-state index in [1.165, 1.54) is 44.9 Å². The monoisotopic (exact) mass is 963 g/mol. The van der Waals surface area contributed by atoms with Gasteiger partial charge in [0, 0.05) is 13.0 Å². The van der Waals surface area contributed by atoms with Crippen LogP contribution in [0.4, 0.5) is 0 Å². The van der Waals surface area contributed by atoms with Crippen molar-refractivity contribution < 1.29 is 23.8 Å². The number of esters is 2. The third-order valence-corrected chi connectivity index (χ3v) is 11.1. The highest BCUT2D eigenvalue weighted by Gasteiger charge is 2.17. The molecular formula is C65H102O5. The van der Waals surface area contributed by atoms with Crippen LogP contribution in [0.1, 0.15) is 213 Å². The number of hydrogen-bond acceptors (Lipinski definition) is 5. The molecule has 0 heterocycles. The van der Waals surface area contributed by atoms with Gasteiger partial charge in [0.25, 0.3) is 0 Å². The third kappa shape index (κ3) is 56.1. The minimum Gasteiger partial charge on any atom is -0.462 e. The number of carbonyl (C=O) groups is 2. The van der Waals surface area contributed by atoms with E-state index in [2.05, 4.69) is 167 Å². The number of allylic oxidation sites excluding steroid dienone is 25. The maximum Gasteiger partial charge on any atom is 0.310 e. The van der Waals surface area contributed by atoms with Gasteiger partial charge in [0.15, 0.2) is 6.10 Å². The number of ether oxygens (including phenoxy) is 3. The molecule has 0 saturated carbocycles. The van der Waals surface area contributed by atoms with E-state index in [0.29, 0.717) is 13.0 Å². The van der Waals surface area contributed by atoms with E-state index in [1.54, 1.807) is 0 Å². The fourth-order valence-corrected chi connectivity index (χ4v) is 6.97. The normalized spacial score (nSPS) is 13.5. The summed E-state index contributed by atoms with van der Waals surface area (Å²) in [6, 6.07) is 0. The second-order valence-corrected chi connectivity index (χ2v) is 17.7. The molecule has 0 aromatic rings. The summed E-state index contributed by atoms with van der Waals surface area (Å²) in [5, 5.41) is 0. The molecule has 1 atom stereocenters. The van der Waals surface area contributed by atoms with Gasteiger partial charge < -0.3 is 14.2 Å². The maximum absolute atomic E-state index is 12.8. The van der Waals surface area contributed by atoms with Gasteiger partial charge in [0.2, 0.25) is 0 Å². The minimum absolute atomic E-state index is 0.0168. The molecule has 0 rings (SSSR count). The number of hydrogen-bond donors (Lipinski definition) is 0. The van der Waals surface area contributed by atoms with Gasteiger partial charge in [-0.25, -0.2) is 0 Å². The van der Waals surface area contributed by atoms with Crippen molar-refractivity contribution in [2.45, 2.75) is 219 Å². The lowest BCUT2D eigenvalue weighted by molar-refractivity contribution is -0.162. The molecule has 0 aliphatic rings. The van der Waals surface area contributed by atoms with Gasteiger partial charge in [-0.05, 0) is 128 Å². The average molecular weight is 964 g/mol. The van der Waals surface area contributed by atoms with Crippen LogP contribution in [0.25, 0.3) is 0 Å². The second kappa shape index (κ2) is 58.8. The van der Waals surface area contributed by atoms with E-state index < -0.39 is 6.10 Å². The van der Waals surface area contributed by atoms with Gasteiger partial charge in [0.1, 0.15) is 6.61 Å². The van der Waals surface area contributed by atoms with Crippen molar-refractivity contribution in [3.8, 4) is 0 Å². The van der Waals surface area contributed by atoms with Gasteiger partial charge in [-0.15, -0.1) is 0 Å². The highest BCUT2D eigenvalue weighted by molar-refractivity contribution is 5.71. The minimum atomic E-state index is -0.623. The zero-order chi connectivity index (χ0) is 50.6. The fourth-order valence-electron chi connectivity index (χ4n) is 6.97. The van der Waals surface area contributed by atoms with Crippen LogP contribution in [0.3, 0.4) is 0 Å². The van der Waals surface area contributed by atoms with Crippen molar-refractivity contribution in [1.82, 2.24) is 0 Å². The highest BCUT2D eigenvalue weighted by atomic mass is 16.6. The fraction of sp³-hybridized carbons (Fsp3) is 0.569. The molecule has 1 unspecified atom stereocenters. The van der Waals surface area contributed by atoms with E-state index in [9.17, 15) is 9.59 Å². The number of unbranched alkanes of at least 4 members (excludes halogenated alkanes) is 13. The summed E-state index contributed by atoms with van der Waals surface area (Å²) in [6.45, 7) is 7.37. The zero-order valence-electron chi connectivity index (χ0n) is 45.0. The topological polar surface area (TPSA) is 61.8 Å². The molecular weight excluding hydrogens is 861 g/mol. The van der Waals surface area contributed by atoms with Crippen molar-refractivity contribution in [3.63, 3.8) is 0 Å². The van der Waals surface area contributed by atoms with Crippen molar-refractivity contribution >= 4 is 11.9 Å². The summed E-state index contributed by atoms with van der Waals surface area (Å²) in [5.41, 5.74) is 0. The molecule has 0 aromatic heterocycles. The van der Waals surface area contributed by atoms with E-state index in [0.717, 1.165) is 135 Å². The Bertz CT molecular complexity index is 1560. The van der Waals surface area contributed by atoms with Gasteiger partial charge >= 0.3 is 11.9 Å². The number of rotatable bonds is 49. The molecule has 0 radical (unpaired) electrons. The molecule has 0 fully saturated rings. The Kier molecular flexibility index (Phi) is 55.1. The predicted octanol–water partition coefficient (Wildman–Crippen LogP) is 19.5. The molecule has 5 nitrogen and oxygen atoms in total. The summed E-state index contributed by atoms with van der Waals surface area (Å²) in [6.07, 6.45) is 87.1. The quantitative estimate of drug-likeness (QED) is 0.0345. The summed E-state index contributed by atoms with van der Waals surface area (Å²) in [7, 11) is 0. The standard InChI is InChI=1S/C65H102O5/c1-4-7-10-13-16-19-22-25-28-30-32-34-36-39-42-45-48-51-54-57-60-68-61-63(70-65(67)59-56-53-50-47-44-41-37-27-24-21-18-15-12-9-6-3)62-69-64(66)58-55-52-49-46-43-40-38-35-33-31-29-26-23-20-17-14-11-8-5-2/h7,9-10,12,16-21,25-29,32-35,37,39,42,44,47,53,56,63H,4-6,8,11,13-15,22-24,30-31,36,38,40-41,43,45-46,48-52,54-55,57-62H2,1-3H3/b10-7-,12-9-,19-16-,20-17-,21-18-,28-25-,29-26-,34-32-,35-33-,37-27-,42-39-,47-44-,56-53-. The second-order valence-electron chi connectivity index (χ2n) is 17.7. The van der Waals surface area contributed by atoms with Gasteiger partial charge in [-0.2, -0.15) is 0 Å². The lowest BCUT2D eigenvalue weighted by atomic mass is 10.1. The Labute approximate surface area is 431 Å². The van der Waals surface area contributed by atoms with Crippen LogP contribution in [0.2, 0.25) is 0 Å². The van der Waals surface area contributed by atoms with Crippen LogP contribution in [-0.2, 0) is 23.8 Å². The van der Waals surface area contributed by atoms with Crippen LogP contribution >= 0.6 is 0 Å². The molecule has 70 heavy (non-hydrogen) atoms. The molecule has 0 spiro atoms. The first kappa shape index (κ1) is 65.5. The van der Waals surface area contributed by atoms with Gasteiger partial charge in [-0.3, -0.25) is 9.59 Å². The van der Waals surface area contributed by atoms with E-state index >= 15 is 0 Å². The highest BCUT2D eigenvalue weighted by Crippen LogP contribution is 2.11. The molecule has 0 saturated heterocycles. The average Bonchev–Trinajstić information content (AvgIpc) is 3.36. The van der Waals surface area contributed by atoms with Crippen LogP contribution < -0.4 is 0 Å². The first-order valence-corrected chi connectivity index (χ1v) is 28.0. The van der Waals surface area contributed by atoms with E-state index in [1.807, 2.05) is 12.2 Å². The van der Waals surface area contributed by atoms with Crippen molar-refractivity contribution in [1.29, 1.82) is 0 Å². The maximum atomic E-state index is 12.8. The largest absolute Gasteiger partial charge is 0.462 e. The first-order valence-electron chi connectivity index (χ1n) is 28.0. The summed E-state index contributed by atoms with van der Waals surface area (Å²) in [4.78, 5) is 25.4. The zero-order valence-corrected chi connectivity index (χ0v) is 45.0. The summed E-state index contributed by atoms with van der Waals surface area (Å²) in [5.74, 6) is -0.585. The Balaban J connectivity index is 4.49. The molecule has 0 aliphatic carbocycles. The SMILES string of the molecule is CC/C=C\C/C=C\C/C=C\C/C=C\C/C=C\CCCCCCOCC(COC(=O)CCCCCCCC/C=C\C/C=C\C/C=C\CCCCC)OC(=O)C/C=C\C/C=C\C/C=C\C/C=C\C/C=C\CC. The first-order chi connectivity index (χ1) is 34.6. The smallest absolute Gasteiger partial charge is 0.310 e. The Hall–Kier alpha value is -4.48. The molecule has 0 aliphatic heterocycles. The Morgan fingerprint density at radius 1 is 0.343 bits per heavy atom. The van der Waals surface area contributed by atoms with Crippen LogP contribution in [0.15, 0.2) is 158 Å². The van der Waals surface area contributed by atoms with Gasteiger partial charge in [-0.1, -0.05) is 230 Å². The van der Waals surface area contributed by atoms with E-state index in [-0.39, 0.29) is 31.6 Å². The Morgan fingerprint density at radius 2 is 0.686 bits per heavy atom. The van der Waals surface area contributed by atoms with Gasteiger partial charge in [0.05, 0.1) is 13.0 Å². The van der Waals surface area contributed by atoms with E-state index in [4.69, 9.17) is 14.2 Å². The summed E-state index contributed by atoms with van der Waals surface area (Å²) >= 11 is 0. The van der Waals surface area contributed by atoms with Crippen molar-refractivity contribution in [2.75, 3.05) is 19.8 Å². The molecule has 392 valence electrons. The summed E-state index contributed by atoms with van der Waals surface area (Å²) < 4.78 is 17.3. The Morgan fingerprint density at radius 3 is 1.10 bits per heavy atom. The third-order valence-electron chi connectivity index (χ3n) is 11.1. The lowest BCUT2D eigenvalue weighted by Gasteiger charge is -2.18. The molecule has 0 amide bonds. The molecule has 0 aromatic carbocycles. The van der Waals surface area contributed by atoms with Crippen molar-refractivity contribution in [3.05, 3.63) is 158 Å². The molecule has 5 heteroatoms. The number of carbonyl (C=O) groups excluding carboxylic acids is 2. The predicted molar refractivity (Wildman–Crippen MR) is 306 cm³/mol.